The van der Waals surface area contributed by atoms with Crippen LogP contribution >= 0.6 is 0 Å². The van der Waals surface area contributed by atoms with Crippen LogP contribution in [-0.4, -0.2) is 68.9 Å². The van der Waals surface area contributed by atoms with Crippen molar-refractivity contribution in [2.75, 3.05) is 38.1 Å². The Morgan fingerprint density at radius 2 is 1.53 bits per heavy atom. The second kappa shape index (κ2) is 6.93. The topological polar surface area (TPSA) is 87.2 Å². The Hall–Kier alpha value is -2.70. The molecule has 2 aliphatic heterocycles. The second-order valence-electron chi connectivity index (χ2n) is 7.03. The van der Waals surface area contributed by atoms with Gasteiger partial charge in [-0.15, -0.1) is 9.35 Å². The molecule has 0 aliphatic carbocycles. The Morgan fingerprint density at radius 1 is 0.933 bits per heavy atom. The van der Waals surface area contributed by atoms with Gasteiger partial charge in [-0.05, 0) is 25.2 Å². The van der Waals surface area contributed by atoms with E-state index in [1.54, 1.807) is 12.1 Å². The lowest BCUT2D eigenvalue weighted by Gasteiger charge is -2.35. The number of hydrogen-bond donors (Lipinski definition) is 0. The maximum Gasteiger partial charge on any atom is 0.525 e. The van der Waals surface area contributed by atoms with Crippen molar-refractivity contribution in [3.05, 3.63) is 41.5 Å². The fourth-order valence-electron chi connectivity index (χ4n) is 3.59. The third-order valence-electron chi connectivity index (χ3n) is 5.15. The highest BCUT2D eigenvalue weighted by molar-refractivity contribution is 7.87. The van der Waals surface area contributed by atoms with Gasteiger partial charge in [0.1, 0.15) is 0 Å². The van der Waals surface area contributed by atoms with Crippen molar-refractivity contribution < 1.29 is 35.5 Å². The molecule has 160 valence electrons. The summed E-state index contributed by atoms with van der Waals surface area (Å²) in [5, 5.41) is 0.484. The van der Waals surface area contributed by atoms with Gasteiger partial charge in [0, 0.05) is 42.6 Å². The Balaban J connectivity index is 1.79. The number of hydrogen-bond acceptors (Lipinski definition) is 7. The van der Waals surface area contributed by atoms with Crippen LogP contribution in [0.4, 0.5) is 18.9 Å². The molecule has 4 rings (SSSR count). The van der Waals surface area contributed by atoms with Crippen molar-refractivity contribution in [2.45, 2.75) is 5.51 Å². The van der Waals surface area contributed by atoms with E-state index in [1.165, 1.54) is 18.2 Å². The van der Waals surface area contributed by atoms with E-state index in [0.717, 1.165) is 31.9 Å². The summed E-state index contributed by atoms with van der Waals surface area (Å²) < 4.78 is 64.6. The lowest BCUT2D eigenvalue weighted by atomic mass is 9.93. The predicted octanol–water partition coefficient (Wildman–Crippen LogP) is 1.97. The number of carbonyl (C=O) groups is 2. The number of alkyl halides is 3. The van der Waals surface area contributed by atoms with Crippen LogP contribution in [0, 0.1) is 0 Å². The molecule has 2 heterocycles. The quantitative estimate of drug-likeness (QED) is 0.530. The van der Waals surface area contributed by atoms with E-state index in [9.17, 15) is 31.2 Å². The Labute approximate surface area is 169 Å². The molecular formula is C18H16F3N3O5S. The van der Waals surface area contributed by atoms with Gasteiger partial charge in [-0.3, -0.25) is 9.59 Å². The first-order chi connectivity index (χ1) is 14.0. The number of benzene rings is 2. The van der Waals surface area contributed by atoms with E-state index in [4.69, 9.17) is 0 Å². The molecule has 12 heteroatoms. The Kier molecular flexibility index (Phi) is 4.75. The molecule has 2 amide bonds. The SMILES string of the molecule is CN1CCN(c2ccc3c4c(cccc24)C(=O)N(OS(=O)(=O)C(F)(F)F)C3=O)CC1. The molecule has 8 nitrogen and oxygen atoms in total. The van der Waals surface area contributed by atoms with Gasteiger partial charge in [0.05, 0.1) is 11.1 Å². The number of rotatable bonds is 3. The van der Waals surface area contributed by atoms with Crippen LogP contribution in [0.3, 0.4) is 0 Å². The highest BCUT2D eigenvalue weighted by atomic mass is 32.2. The maximum atomic E-state index is 12.7. The zero-order valence-corrected chi connectivity index (χ0v) is 16.5. The Morgan fingerprint density at radius 3 is 2.13 bits per heavy atom. The van der Waals surface area contributed by atoms with Gasteiger partial charge in [0.15, 0.2) is 0 Å². The molecule has 0 saturated carbocycles. The number of hydroxylamine groups is 2. The number of carbonyl (C=O) groups excluding carboxylic acids is 2. The molecule has 0 unspecified atom stereocenters. The number of likely N-dealkylation sites (N-methyl/N-ethyl adjacent to an activating group) is 1. The summed E-state index contributed by atoms with van der Waals surface area (Å²) in [6.07, 6.45) is 0. The van der Waals surface area contributed by atoms with E-state index < -0.39 is 27.4 Å². The number of imide groups is 1. The molecule has 1 saturated heterocycles. The summed E-state index contributed by atoms with van der Waals surface area (Å²) in [5.74, 6) is -2.55. The third-order valence-corrected chi connectivity index (χ3v) is 6.06. The molecule has 0 N–H and O–H groups in total. The molecule has 2 aliphatic rings. The summed E-state index contributed by atoms with van der Waals surface area (Å²) in [5.41, 5.74) is -5.24. The van der Waals surface area contributed by atoms with E-state index in [1.807, 2.05) is 7.05 Å². The van der Waals surface area contributed by atoms with Crippen LogP contribution in [0.15, 0.2) is 30.3 Å². The zero-order chi connectivity index (χ0) is 21.8. The molecule has 30 heavy (non-hydrogen) atoms. The minimum Gasteiger partial charge on any atom is -0.368 e. The minimum absolute atomic E-state index is 0.115. The lowest BCUT2D eigenvalue weighted by molar-refractivity contribution is -0.0761. The van der Waals surface area contributed by atoms with Crippen LogP contribution in [-0.2, 0) is 14.4 Å². The van der Waals surface area contributed by atoms with E-state index in [-0.39, 0.29) is 21.6 Å². The van der Waals surface area contributed by atoms with E-state index in [0.29, 0.717) is 5.39 Å². The van der Waals surface area contributed by atoms with Gasteiger partial charge >= 0.3 is 15.6 Å². The van der Waals surface area contributed by atoms with Gasteiger partial charge in [-0.25, -0.2) is 0 Å². The van der Waals surface area contributed by atoms with Crippen LogP contribution < -0.4 is 4.90 Å². The van der Waals surface area contributed by atoms with Crippen molar-refractivity contribution >= 4 is 38.4 Å². The summed E-state index contributed by atoms with van der Waals surface area (Å²) in [7, 11) is -4.20. The Bertz CT molecular complexity index is 1140. The second-order valence-corrected chi connectivity index (χ2v) is 8.55. The van der Waals surface area contributed by atoms with Crippen molar-refractivity contribution in [2.24, 2.45) is 0 Å². The summed E-state index contributed by atoms with van der Waals surface area (Å²) in [6, 6.07) is 7.54. The van der Waals surface area contributed by atoms with Gasteiger partial charge in [-0.2, -0.15) is 21.6 Å². The molecule has 1 fully saturated rings. The first-order valence-electron chi connectivity index (χ1n) is 8.90. The first kappa shape index (κ1) is 20.6. The highest BCUT2D eigenvalue weighted by Gasteiger charge is 2.51. The molecule has 0 radical (unpaired) electrons. The fraction of sp³-hybridized carbons (Fsp3) is 0.333. The molecule has 2 aromatic carbocycles. The average Bonchev–Trinajstić information content (AvgIpc) is 2.69. The highest BCUT2D eigenvalue weighted by Crippen LogP contribution is 2.37. The molecular weight excluding hydrogens is 427 g/mol. The fourth-order valence-corrected chi connectivity index (χ4v) is 4.01. The summed E-state index contributed by atoms with van der Waals surface area (Å²) in [4.78, 5) is 29.6. The number of anilines is 1. The van der Waals surface area contributed by atoms with Crippen molar-refractivity contribution in [3.8, 4) is 0 Å². The number of piperazine rings is 1. The largest absolute Gasteiger partial charge is 0.525 e. The van der Waals surface area contributed by atoms with E-state index >= 15 is 0 Å². The molecule has 0 aromatic heterocycles. The normalized spacial score (nSPS) is 18.4. The lowest BCUT2D eigenvalue weighted by Crippen LogP contribution is -2.45. The summed E-state index contributed by atoms with van der Waals surface area (Å²) >= 11 is 0. The smallest absolute Gasteiger partial charge is 0.368 e. The van der Waals surface area contributed by atoms with Crippen LogP contribution in [0.25, 0.3) is 10.8 Å². The third kappa shape index (κ3) is 3.20. The first-order valence-corrected chi connectivity index (χ1v) is 10.3. The van der Waals surface area contributed by atoms with E-state index in [2.05, 4.69) is 14.1 Å². The average molecular weight is 443 g/mol. The van der Waals surface area contributed by atoms with Crippen molar-refractivity contribution in [3.63, 3.8) is 0 Å². The van der Waals surface area contributed by atoms with Gasteiger partial charge < -0.3 is 9.80 Å². The molecule has 0 spiro atoms. The standard InChI is InChI=1S/C18H16F3N3O5S/c1-22-7-9-23(10-8-22)14-6-5-13-15-11(14)3-2-4-12(15)16(25)24(17(13)26)29-30(27,28)18(19,20)21/h2-6H,7-10H2,1H3. The minimum atomic E-state index is -6.19. The molecule has 2 aromatic rings. The van der Waals surface area contributed by atoms with Crippen LogP contribution in [0.5, 0.6) is 0 Å². The maximum absolute atomic E-state index is 12.7. The molecule has 0 atom stereocenters. The van der Waals surface area contributed by atoms with Gasteiger partial charge in [0.25, 0.3) is 11.8 Å². The number of nitrogens with zero attached hydrogens (tertiary/aromatic N) is 3. The molecule has 0 bridgehead atoms. The number of halogens is 3. The van der Waals surface area contributed by atoms with Gasteiger partial charge in [0.2, 0.25) is 0 Å². The van der Waals surface area contributed by atoms with Crippen LogP contribution in [0.1, 0.15) is 20.7 Å². The zero-order valence-electron chi connectivity index (χ0n) is 15.6. The van der Waals surface area contributed by atoms with Crippen molar-refractivity contribution in [1.29, 1.82) is 0 Å². The summed E-state index contributed by atoms with van der Waals surface area (Å²) in [6.45, 7) is 3.07. The number of amides is 2. The van der Waals surface area contributed by atoms with Gasteiger partial charge in [-0.1, -0.05) is 12.1 Å². The predicted molar refractivity (Wildman–Crippen MR) is 100 cm³/mol. The monoisotopic (exact) mass is 443 g/mol. The van der Waals surface area contributed by atoms with Crippen molar-refractivity contribution in [1.82, 2.24) is 9.96 Å². The van der Waals surface area contributed by atoms with Crippen LogP contribution in [0.2, 0.25) is 0 Å².